The Morgan fingerprint density at radius 3 is 3.05 bits per heavy atom. The van der Waals surface area contributed by atoms with E-state index in [2.05, 4.69) is 26.9 Å². The third-order valence-corrected chi connectivity index (χ3v) is 3.73. The molecule has 0 saturated carbocycles. The number of imidazole rings is 1. The van der Waals surface area contributed by atoms with Crippen molar-refractivity contribution in [2.45, 2.75) is 39.2 Å². The molecule has 0 amide bonds. The molecule has 2 aromatic heterocycles. The van der Waals surface area contributed by atoms with Gasteiger partial charge in [-0.05, 0) is 44.7 Å². The Bertz CT molecular complexity index is 588. The van der Waals surface area contributed by atoms with Crippen LogP contribution in [-0.2, 0) is 19.4 Å². The lowest BCUT2D eigenvalue weighted by molar-refractivity contribution is 0.620. The van der Waals surface area contributed by atoms with Crippen molar-refractivity contribution in [3.63, 3.8) is 0 Å². The molecule has 3 rings (SSSR count). The van der Waals surface area contributed by atoms with Crippen molar-refractivity contribution in [2.24, 2.45) is 5.84 Å². The van der Waals surface area contributed by atoms with Crippen molar-refractivity contribution >= 4 is 5.69 Å². The van der Waals surface area contributed by atoms with Crippen LogP contribution in [0.15, 0.2) is 18.3 Å². The van der Waals surface area contributed by atoms with Gasteiger partial charge in [-0.25, -0.2) is 4.98 Å². The van der Waals surface area contributed by atoms with Crippen LogP contribution < -0.4 is 11.3 Å². The molecule has 0 saturated heterocycles. The van der Waals surface area contributed by atoms with E-state index in [1.165, 1.54) is 24.2 Å². The van der Waals surface area contributed by atoms with E-state index in [9.17, 15) is 0 Å². The van der Waals surface area contributed by atoms with Crippen LogP contribution in [0.1, 0.15) is 35.7 Å². The number of hydrogen-bond acceptors (Lipinski definition) is 4. The van der Waals surface area contributed by atoms with Crippen LogP contribution in [0.25, 0.3) is 0 Å². The highest BCUT2D eigenvalue weighted by molar-refractivity contribution is 5.41. The standard InChI is InChI=1S/C14H19N5/c1-10-17-13-4-2-3-5-14(13)19(10)9-12-8-11(18-15)6-7-16-12/h6-8H,2-5,9,15H2,1H3,(H,16,18). The van der Waals surface area contributed by atoms with Gasteiger partial charge in [-0.2, -0.15) is 0 Å². The Labute approximate surface area is 112 Å². The largest absolute Gasteiger partial charge is 0.326 e. The van der Waals surface area contributed by atoms with Gasteiger partial charge in [0.05, 0.1) is 23.6 Å². The molecule has 5 nitrogen and oxygen atoms in total. The number of nitrogens with two attached hydrogens (primary N) is 1. The molecular formula is C14H19N5. The Morgan fingerprint density at radius 1 is 1.37 bits per heavy atom. The molecule has 0 aromatic carbocycles. The van der Waals surface area contributed by atoms with Crippen LogP contribution in [0.4, 0.5) is 5.69 Å². The Morgan fingerprint density at radius 2 is 2.21 bits per heavy atom. The van der Waals surface area contributed by atoms with Gasteiger partial charge in [-0.1, -0.05) is 0 Å². The fourth-order valence-corrected chi connectivity index (χ4v) is 2.76. The molecule has 0 spiro atoms. The molecule has 100 valence electrons. The SMILES string of the molecule is Cc1nc2c(n1Cc1cc(NN)ccn1)CCCC2. The first-order valence-electron chi connectivity index (χ1n) is 6.74. The zero-order chi connectivity index (χ0) is 13.2. The lowest BCUT2D eigenvalue weighted by atomic mass is 10.0. The molecule has 0 radical (unpaired) electrons. The van der Waals surface area contributed by atoms with Crippen LogP contribution in [0.2, 0.25) is 0 Å². The number of hydrogen-bond donors (Lipinski definition) is 2. The normalized spacial score (nSPS) is 14.2. The summed E-state index contributed by atoms with van der Waals surface area (Å²) in [6.07, 6.45) is 6.54. The highest BCUT2D eigenvalue weighted by atomic mass is 15.2. The fraction of sp³-hybridized carbons (Fsp3) is 0.429. The van der Waals surface area contributed by atoms with Crippen LogP contribution in [-0.4, -0.2) is 14.5 Å². The molecule has 2 aromatic rings. The lowest BCUT2D eigenvalue weighted by Gasteiger charge is -2.14. The van der Waals surface area contributed by atoms with Crippen molar-refractivity contribution < 1.29 is 0 Å². The number of nitrogens with zero attached hydrogens (tertiary/aromatic N) is 3. The number of hydrazine groups is 1. The van der Waals surface area contributed by atoms with Crippen molar-refractivity contribution in [1.82, 2.24) is 14.5 Å². The zero-order valence-electron chi connectivity index (χ0n) is 11.2. The molecule has 0 aliphatic heterocycles. The third kappa shape index (κ3) is 2.33. The van der Waals surface area contributed by atoms with Crippen molar-refractivity contribution in [1.29, 1.82) is 0 Å². The average Bonchev–Trinajstić information content (AvgIpc) is 2.76. The molecule has 0 atom stereocenters. The number of pyridine rings is 1. The molecule has 5 heteroatoms. The summed E-state index contributed by atoms with van der Waals surface area (Å²) in [5, 5.41) is 0. The van der Waals surface area contributed by atoms with E-state index in [-0.39, 0.29) is 0 Å². The summed E-state index contributed by atoms with van der Waals surface area (Å²) < 4.78 is 2.29. The van der Waals surface area contributed by atoms with Gasteiger partial charge in [0.2, 0.25) is 0 Å². The second-order valence-corrected chi connectivity index (χ2v) is 5.03. The number of aryl methyl sites for hydroxylation is 2. The minimum Gasteiger partial charge on any atom is -0.326 e. The highest BCUT2D eigenvalue weighted by Crippen LogP contribution is 2.23. The van der Waals surface area contributed by atoms with Crippen LogP contribution in [0.5, 0.6) is 0 Å². The van der Waals surface area contributed by atoms with Crippen LogP contribution in [0, 0.1) is 6.92 Å². The van der Waals surface area contributed by atoms with Gasteiger partial charge in [-0.3, -0.25) is 10.8 Å². The number of anilines is 1. The maximum absolute atomic E-state index is 5.44. The van der Waals surface area contributed by atoms with Crippen molar-refractivity contribution in [2.75, 3.05) is 5.43 Å². The van der Waals surface area contributed by atoms with E-state index in [1.807, 2.05) is 12.1 Å². The minimum atomic E-state index is 0.768. The predicted molar refractivity (Wildman–Crippen MR) is 74.8 cm³/mol. The molecule has 0 unspecified atom stereocenters. The number of rotatable bonds is 3. The summed E-state index contributed by atoms with van der Waals surface area (Å²) in [6.45, 7) is 2.84. The number of aromatic nitrogens is 3. The molecule has 1 aliphatic rings. The minimum absolute atomic E-state index is 0.768. The zero-order valence-corrected chi connectivity index (χ0v) is 11.2. The predicted octanol–water partition coefficient (Wildman–Crippen LogP) is 1.80. The maximum atomic E-state index is 5.44. The first-order chi connectivity index (χ1) is 9.28. The monoisotopic (exact) mass is 257 g/mol. The van der Waals surface area contributed by atoms with Gasteiger partial charge in [0.25, 0.3) is 0 Å². The molecule has 3 N–H and O–H groups in total. The second-order valence-electron chi connectivity index (χ2n) is 5.03. The first-order valence-corrected chi connectivity index (χ1v) is 6.74. The summed E-state index contributed by atoms with van der Waals surface area (Å²) in [6, 6.07) is 3.84. The van der Waals surface area contributed by atoms with Crippen LogP contribution in [0.3, 0.4) is 0 Å². The second kappa shape index (κ2) is 5.01. The Balaban J connectivity index is 1.92. The smallest absolute Gasteiger partial charge is 0.106 e. The Hall–Kier alpha value is -1.88. The number of fused-ring (bicyclic) bond motifs is 1. The topological polar surface area (TPSA) is 68.8 Å². The third-order valence-electron chi connectivity index (χ3n) is 3.73. The molecular weight excluding hydrogens is 238 g/mol. The van der Waals surface area contributed by atoms with Gasteiger partial charge < -0.3 is 9.99 Å². The van der Waals surface area contributed by atoms with Crippen LogP contribution >= 0.6 is 0 Å². The maximum Gasteiger partial charge on any atom is 0.106 e. The molecule has 19 heavy (non-hydrogen) atoms. The van der Waals surface area contributed by atoms with E-state index in [1.54, 1.807) is 6.20 Å². The molecule has 0 fully saturated rings. The molecule has 2 heterocycles. The lowest BCUT2D eigenvalue weighted by Crippen LogP contribution is -2.12. The average molecular weight is 257 g/mol. The van der Waals surface area contributed by atoms with Crippen molar-refractivity contribution in [3.8, 4) is 0 Å². The van der Waals surface area contributed by atoms with Gasteiger partial charge >= 0.3 is 0 Å². The molecule has 1 aliphatic carbocycles. The quantitative estimate of drug-likeness (QED) is 0.650. The summed E-state index contributed by atoms with van der Waals surface area (Å²) in [5.41, 5.74) is 7.21. The molecule has 0 bridgehead atoms. The Kier molecular flexibility index (Phi) is 3.21. The van der Waals surface area contributed by atoms with E-state index >= 15 is 0 Å². The number of nitrogen functional groups attached to an aromatic ring is 1. The van der Waals surface area contributed by atoms with E-state index in [0.29, 0.717) is 0 Å². The van der Waals surface area contributed by atoms with E-state index in [0.717, 1.165) is 36.6 Å². The van der Waals surface area contributed by atoms with E-state index in [4.69, 9.17) is 5.84 Å². The van der Waals surface area contributed by atoms with E-state index < -0.39 is 0 Å². The van der Waals surface area contributed by atoms with Gasteiger partial charge in [0, 0.05) is 11.9 Å². The van der Waals surface area contributed by atoms with Gasteiger partial charge in [0.15, 0.2) is 0 Å². The summed E-state index contributed by atoms with van der Waals surface area (Å²) in [4.78, 5) is 9.09. The fourth-order valence-electron chi connectivity index (χ4n) is 2.76. The summed E-state index contributed by atoms with van der Waals surface area (Å²) in [5.74, 6) is 6.52. The first kappa shape index (κ1) is 12.2. The summed E-state index contributed by atoms with van der Waals surface area (Å²) >= 11 is 0. The van der Waals surface area contributed by atoms with Gasteiger partial charge in [0.1, 0.15) is 5.82 Å². The number of nitrogens with one attached hydrogen (secondary N) is 1. The highest BCUT2D eigenvalue weighted by Gasteiger charge is 2.18. The summed E-state index contributed by atoms with van der Waals surface area (Å²) in [7, 11) is 0. The van der Waals surface area contributed by atoms with Crippen molar-refractivity contribution in [3.05, 3.63) is 41.2 Å². The van der Waals surface area contributed by atoms with Gasteiger partial charge in [-0.15, -0.1) is 0 Å².